The third kappa shape index (κ3) is 3.45. The molecule has 0 spiro atoms. The van der Waals surface area contributed by atoms with Crippen LogP contribution < -0.4 is 9.80 Å². The molecule has 0 unspecified atom stereocenters. The van der Waals surface area contributed by atoms with E-state index in [0.29, 0.717) is 24.1 Å². The van der Waals surface area contributed by atoms with E-state index >= 15 is 0 Å². The third-order valence-electron chi connectivity index (χ3n) is 6.19. The van der Waals surface area contributed by atoms with Crippen molar-refractivity contribution in [1.82, 2.24) is 0 Å². The van der Waals surface area contributed by atoms with Gasteiger partial charge in [0.05, 0.1) is 40.9 Å². The van der Waals surface area contributed by atoms with Crippen LogP contribution in [0.15, 0.2) is 30.3 Å². The minimum absolute atomic E-state index is 0.113. The van der Waals surface area contributed by atoms with Crippen LogP contribution in [-0.4, -0.2) is 18.1 Å². The average Bonchev–Trinajstić information content (AvgIpc) is 3.06. The van der Waals surface area contributed by atoms with E-state index in [-0.39, 0.29) is 28.5 Å². The molecular weight excluding hydrogens is 441 g/mol. The van der Waals surface area contributed by atoms with E-state index in [2.05, 4.69) is 4.85 Å². The Morgan fingerprint density at radius 1 is 1.16 bits per heavy atom. The molecule has 0 N–H and O–H groups in total. The van der Waals surface area contributed by atoms with E-state index in [1.807, 2.05) is 0 Å². The molecule has 2 amide bonds. The van der Waals surface area contributed by atoms with Crippen LogP contribution in [0.4, 0.5) is 35.0 Å². The SMILES string of the molecule is [C-]#[N+]c1ccc(N2C(=O)N(c3ccc(C#N)c(C(F)(F)F)c3)[C@H]3CCCC[C@@H]32)c(C)c1Cl. The maximum absolute atomic E-state index is 13.6. The molecule has 2 fully saturated rings. The molecule has 2 aliphatic rings. The van der Waals surface area contributed by atoms with Gasteiger partial charge in [0.25, 0.3) is 0 Å². The van der Waals surface area contributed by atoms with Gasteiger partial charge in [0.1, 0.15) is 0 Å². The Labute approximate surface area is 188 Å². The van der Waals surface area contributed by atoms with E-state index < -0.39 is 23.3 Å². The number of alkyl halides is 3. The number of fused-ring (bicyclic) bond motifs is 1. The summed E-state index contributed by atoms with van der Waals surface area (Å²) in [4.78, 5) is 20.0. The number of halogens is 4. The number of amides is 2. The van der Waals surface area contributed by atoms with Crippen molar-refractivity contribution in [3.05, 3.63) is 63.5 Å². The molecule has 4 rings (SSSR count). The molecule has 1 heterocycles. The summed E-state index contributed by atoms with van der Waals surface area (Å²) in [6.07, 6.45) is -1.60. The Hall–Kier alpha value is -3.23. The fourth-order valence-electron chi connectivity index (χ4n) is 4.70. The Bertz CT molecular complexity index is 1180. The lowest BCUT2D eigenvalue weighted by Gasteiger charge is -2.32. The molecule has 2 aromatic carbocycles. The van der Waals surface area contributed by atoms with Crippen molar-refractivity contribution < 1.29 is 18.0 Å². The molecule has 0 bridgehead atoms. The zero-order valence-electron chi connectivity index (χ0n) is 17.1. The molecule has 1 saturated carbocycles. The first-order valence-electron chi connectivity index (χ1n) is 10.1. The number of carbonyl (C=O) groups is 1. The number of urea groups is 1. The first-order chi connectivity index (χ1) is 15.2. The number of benzene rings is 2. The molecule has 0 radical (unpaired) electrons. The molecule has 164 valence electrons. The zero-order valence-corrected chi connectivity index (χ0v) is 17.8. The smallest absolute Gasteiger partial charge is 0.289 e. The van der Waals surface area contributed by atoms with Gasteiger partial charge in [-0.15, -0.1) is 0 Å². The molecule has 1 aliphatic carbocycles. The van der Waals surface area contributed by atoms with Gasteiger partial charge in [0.15, 0.2) is 0 Å². The number of nitrogens with zero attached hydrogens (tertiary/aromatic N) is 4. The van der Waals surface area contributed by atoms with Gasteiger partial charge in [-0.25, -0.2) is 9.64 Å². The van der Waals surface area contributed by atoms with Crippen LogP contribution in [0.5, 0.6) is 0 Å². The Morgan fingerprint density at radius 2 is 1.81 bits per heavy atom. The maximum atomic E-state index is 13.6. The zero-order chi connectivity index (χ0) is 23.2. The van der Waals surface area contributed by atoms with Gasteiger partial charge >= 0.3 is 12.2 Å². The number of carbonyl (C=O) groups excluding carboxylic acids is 1. The van der Waals surface area contributed by atoms with E-state index in [1.54, 1.807) is 30.0 Å². The van der Waals surface area contributed by atoms with Crippen LogP contribution in [0.1, 0.15) is 42.4 Å². The summed E-state index contributed by atoms with van der Waals surface area (Å²) in [6, 6.07) is 7.21. The molecule has 1 aliphatic heterocycles. The molecular formula is C23H18ClF3N4O. The first kappa shape index (κ1) is 22.0. The van der Waals surface area contributed by atoms with E-state index in [4.69, 9.17) is 23.4 Å². The normalized spacial score (nSPS) is 20.7. The number of hydrogen-bond acceptors (Lipinski definition) is 2. The second-order valence-electron chi connectivity index (χ2n) is 7.94. The maximum Gasteiger partial charge on any atom is 0.417 e. The lowest BCUT2D eigenvalue weighted by molar-refractivity contribution is -0.137. The van der Waals surface area contributed by atoms with Crippen LogP contribution in [0.25, 0.3) is 4.85 Å². The van der Waals surface area contributed by atoms with Gasteiger partial charge in [-0.05, 0) is 49.6 Å². The van der Waals surface area contributed by atoms with Gasteiger partial charge in [0.2, 0.25) is 5.69 Å². The highest BCUT2D eigenvalue weighted by Crippen LogP contribution is 2.44. The fourth-order valence-corrected chi connectivity index (χ4v) is 4.90. The molecule has 9 heteroatoms. The van der Waals surface area contributed by atoms with Crippen LogP contribution in [0.3, 0.4) is 0 Å². The number of nitriles is 1. The summed E-state index contributed by atoms with van der Waals surface area (Å²) >= 11 is 6.34. The van der Waals surface area contributed by atoms with Crippen molar-refractivity contribution in [1.29, 1.82) is 5.26 Å². The van der Waals surface area contributed by atoms with E-state index in [9.17, 15) is 18.0 Å². The summed E-state index contributed by atoms with van der Waals surface area (Å²) in [5.41, 5.74) is -0.0215. The Morgan fingerprint density at radius 3 is 2.41 bits per heavy atom. The highest BCUT2D eigenvalue weighted by molar-refractivity contribution is 6.34. The second kappa shape index (κ2) is 8.03. The third-order valence-corrected chi connectivity index (χ3v) is 6.67. The van der Waals surface area contributed by atoms with Gasteiger partial charge in [-0.3, -0.25) is 9.80 Å². The topological polar surface area (TPSA) is 51.7 Å². The predicted octanol–water partition coefficient (Wildman–Crippen LogP) is 6.85. The van der Waals surface area contributed by atoms with Gasteiger partial charge < -0.3 is 0 Å². The highest BCUT2D eigenvalue weighted by atomic mass is 35.5. The summed E-state index contributed by atoms with van der Waals surface area (Å²) in [5.74, 6) is 0. The minimum Gasteiger partial charge on any atom is -0.289 e. The molecule has 2 atom stereocenters. The van der Waals surface area contributed by atoms with E-state index in [0.717, 1.165) is 25.0 Å². The van der Waals surface area contributed by atoms with Gasteiger partial charge in [0, 0.05) is 11.4 Å². The summed E-state index contributed by atoms with van der Waals surface area (Å²) in [7, 11) is 0. The standard InChI is InChI=1S/C23H18ClF3N4O/c1-13-18(10-9-17(29-2)21(13)24)31-20-6-4-3-5-19(20)30(22(31)32)15-8-7-14(12-28)16(11-15)23(25,26)27/h7-11,19-20H,3-6H2,1H3/t19-,20-/m0/s1. The molecule has 32 heavy (non-hydrogen) atoms. The predicted molar refractivity (Wildman–Crippen MR) is 115 cm³/mol. The van der Waals surface area contributed by atoms with E-state index in [1.165, 1.54) is 11.0 Å². The Balaban J connectivity index is 1.83. The monoisotopic (exact) mass is 458 g/mol. The number of rotatable bonds is 2. The van der Waals surface area contributed by atoms with Crippen molar-refractivity contribution >= 4 is 34.7 Å². The van der Waals surface area contributed by atoms with Crippen LogP contribution in [0, 0.1) is 24.8 Å². The van der Waals surface area contributed by atoms with Crippen LogP contribution in [0.2, 0.25) is 5.02 Å². The second-order valence-corrected chi connectivity index (χ2v) is 8.31. The van der Waals surface area contributed by atoms with Crippen molar-refractivity contribution in [3.8, 4) is 6.07 Å². The Kier molecular flexibility index (Phi) is 5.52. The number of hydrogen-bond donors (Lipinski definition) is 0. The van der Waals surface area contributed by atoms with Crippen LogP contribution in [-0.2, 0) is 6.18 Å². The molecule has 0 aromatic heterocycles. The molecule has 5 nitrogen and oxygen atoms in total. The van der Waals surface area contributed by atoms with Gasteiger partial charge in [-0.2, -0.15) is 18.4 Å². The van der Waals surface area contributed by atoms with Crippen molar-refractivity contribution in [3.63, 3.8) is 0 Å². The number of anilines is 2. The minimum atomic E-state index is -4.71. The van der Waals surface area contributed by atoms with Crippen molar-refractivity contribution in [2.75, 3.05) is 9.80 Å². The lowest BCUT2D eigenvalue weighted by atomic mass is 9.89. The van der Waals surface area contributed by atoms with Crippen molar-refractivity contribution in [2.45, 2.75) is 50.9 Å². The van der Waals surface area contributed by atoms with Gasteiger partial charge in [-0.1, -0.05) is 30.5 Å². The highest BCUT2D eigenvalue weighted by Gasteiger charge is 2.49. The fraction of sp³-hybridized carbons (Fsp3) is 0.348. The van der Waals surface area contributed by atoms with Crippen LogP contribution >= 0.6 is 11.6 Å². The molecule has 1 saturated heterocycles. The molecule has 2 aromatic rings. The summed E-state index contributed by atoms with van der Waals surface area (Å²) < 4.78 is 40.6. The summed E-state index contributed by atoms with van der Waals surface area (Å²) in [5, 5.41) is 9.35. The lowest BCUT2D eigenvalue weighted by Crippen LogP contribution is -2.40. The largest absolute Gasteiger partial charge is 0.417 e. The van der Waals surface area contributed by atoms with Crippen molar-refractivity contribution in [2.24, 2.45) is 0 Å². The average molecular weight is 459 g/mol. The summed E-state index contributed by atoms with van der Waals surface area (Å²) in [6.45, 7) is 8.96. The quantitative estimate of drug-likeness (QED) is 0.462. The first-order valence-corrected chi connectivity index (χ1v) is 10.5.